The number of benzene rings is 2. The number of aromatic nitrogens is 1. The highest BCUT2D eigenvalue weighted by molar-refractivity contribution is 5.97. The van der Waals surface area contributed by atoms with Crippen molar-refractivity contribution in [2.24, 2.45) is 4.99 Å². The third kappa shape index (κ3) is 5.59. The summed E-state index contributed by atoms with van der Waals surface area (Å²) in [5.41, 5.74) is 4.22. The summed E-state index contributed by atoms with van der Waals surface area (Å²) in [6, 6.07) is 21.4. The highest BCUT2D eigenvalue weighted by Crippen LogP contribution is 2.24. The standard InChI is InChI=1S/C24H26N4O3/c1-30-21-8-5-9-22(14-21)31-23-11-10-19(15-25-23)24(27-29)26-20-12-13-28(17-20)16-18-6-3-2-4-7-18/h2-11,14-15,20,29H,12-13,16-17H2,1H3,(H,26,27). The molecule has 4 rings (SSSR count). The predicted octanol–water partition coefficient (Wildman–Crippen LogP) is 3.88. The Morgan fingerprint density at radius 1 is 1.13 bits per heavy atom. The molecule has 0 radical (unpaired) electrons. The maximum absolute atomic E-state index is 9.64. The fourth-order valence-electron chi connectivity index (χ4n) is 3.62. The fourth-order valence-corrected chi connectivity index (χ4v) is 3.62. The Labute approximate surface area is 181 Å². The zero-order chi connectivity index (χ0) is 21.5. The summed E-state index contributed by atoms with van der Waals surface area (Å²) in [5.74, 6) is 2.21. The van der Waals surface area contributed by atoms with Crippen LogP contribution >= 0.6 is 0 Å². The second kappa shape index (κ2) is 10.1. The van der Waals surface area contributed by atoms with Gasteiger partial charge in [0.15, 0.2) is 5.84 Å². The van der Waals surface area contributed by atoms with E-state index in [0.29, 0.717) is 28.8 Å². The van der Waals surface area contributed by atoms with E-state index in [1.807, 2.05) is 30.3 Å². The van der Waals surface area contributed by atoms with Gasteiger partial charge in [0.05, 0.1) is 13.2 Å². The molecule has 2 aromatic carbocycles. The third-order valence-corrected chi connectivity index (χ3v) is 5.19. The van der Waals surface area contributed by atoms with E-state index in [1.54, 1.807) is 25.4 Å². The van der Waals surface area contributed by atoms with Gasteiger partial charge in [-0.2, -0.15) is 0 Å². The molecule has 0 amide bonds. The lowest BCUT2D eigenvalue weighted by molar-refractivity contribution is 0.234. The number of amidine groups is 1. The van der Waals surface area contributed by atoms with Gasteiger partial charge < -0.3 is 9.47 Å². The van der Waals surface area contributed by atoms with Crippen LogP contribution in [0.5, 0.6) is 17.4 Å². The average molecular weight is 418 g/mol. The minimum atomic E-state index is 0.117. The Balaban J connectivity index is 1.38. The number of ether oxygens (including phenoxy) is 2. The summed E-state index contributed by atoms with van der Waals surface area (Å²) in [6.07, 6.45) is 2.58. The number of hydrogen-bond donors (Lipinski definition) is 2. The smallest absolute Gasteiger partial charge is 0.219 e. The molecule has 1 atom stereocenters. The van der Waals surface area contributed by atoms with Crippen molar-refractivity contribution in [1.29, 1.82) is 0 Å². The number of pyridine rings is 1. The van der Waals surface area contributed by atoms with Crippen LogP contribution in [0.1, 0.15) is 17.5 Å². The number of rotatable bonds is 7. The molecule has 1 unspecified atom stereocenters. The first-order valence-electron chi connectivity index (χ1n) is 10.3. The van der Waals surface area contributed by atoms with Gasteiger partial charge >= 0.3 is 0 Å². The Morgan fingerprint density at radius 2 is 1.97 bits per heavy atom. The van der Waals surface area contributed by atoms with E-state index in [4.69, 9.17) is 14.5 Å². The van der Waals surface area contributed by atoms with Crippen LogP contribution in [0.25, 0.3) is 0 Å². The van der Waals surface area contributed by atoms with E-state index in [1.165, 1.54) is 5.56 Å². The van der Waals surface area contributed by atoms with Crippen LogP contribution in [0.3, 0.4) is 0 Å². The van der Waals surface area contributed by atoms with Crippen molar-refractivity contribution in [2.45, 2.75) is 19.0 Å². The Morgan fingerprint density at radius 3 is 2.71 bits per heavy atom. The first-order chi connectivity index (χ1) is 15.2. The average Bonchev–Trinajstić information content (AvgIpc) is 3.25. The first kappa shape index (κ1) is 20.8. The third-order valence-electron chi connectivity index (χ3n) is 5.19. The van der Waals surface area contributed by atoms with Gasteiger partial charge in [0, 0.05) is 43.5 Å². The van der Waals surface area contributed by atoms with Crippen molar-refractivity contribution in [3.05, 3.63) is 84.1 Å². The van der Waals surface area contributed by atoms with Gasteiger partial charge in [0.25, 0.3) is 0 Å². The number of nitrogens with one attached hydrogen (secondary N) is 1. The quantitative estimate of drug-likeness (QED) is 0.344. The van der Waals surface area contributed by atoms with Gasteiger partial charge in [0.2, 0.25) is 5.88 Å². The van der Waals surface area contributed by atoms with Crippen LogP contribution < -0.4 is 15.0 Å². The van der Waals surface area contributed by atoms with E-state index in [2.05, 4.69) is 39.6 Å². The highest BCUT2D eigenvalue weighted by Gasteiger charge is 2.22. The summed E-state index contributed by atoms with van der Waals surface area (Å²) in [6.45, 7) is 2.74. The molecule has 0 saturated carbocycles. The van der Waals surface area contributed by atoms with Crippen molar-refractivity contribution in [3.63, 3.8) is 0 Å². The van der Waals surface area contributed by atoms with Crippen molar-refractivity contribution in [1.82, 2.24) is 15.4 Å². The summed E-state index contributed by atoms with van der Waals surface area (Å²) in [4.78, 5) is 11.4. The minimum Gasteiger partial charge on any atom is -0.497 e. The molecule has 0 aliphatic carbocycles. The van der Waals surface area contributed by atoms with Crippen LogP contribution in [-0.2, 0) is 6.54 Å². The zero-order valence-corrected chi connectivity index (χ0v) is 17.4. The molecule has 1 aromatic heterocycles. The van der Waals surface area contributed by atoms with Gasteiger partial charge in [-0.3, -0.25) is 20.6 Å². The summed E-state index contributed by atoms with van der Waals surface area (Å²) in [5, 5.41) is 9.64. The monoisotopic (exact) mass is 418 g/mol. The molecular weight excluding hydrogens is 392 g/mol. The molecular formula is C24H26N4O3. The molecule has 2 heterocycles. The van der Waals surface area contributed by atoms with Gasteiger partial charge in [-0.25, -0.2) is 4.98 Å². The van der Waals surface area contributed by atoms with Crippen molar-refractivity contribution >= 4 is 5.84 Å². The predicted molar refractivity (Wildman–Crippen MR) is 119 cm³/mol. The van der Waals surface area contributed by atoms with Gasteiger partial charge in [0.1, 0.15) is 11.5 Å². The maximum atomic E-state index is 9.64. The molecule has 3 aromatic rings. The molecule has 1 fully saturated rings. The Hall–Kier alpha value is -3.42. The Kier molecular flexibility index (Phi) is 6.76. The first-order valence-corrected chi connectivity index (χ1v) is 10.3. The van der Waals surface area contributed by atoms with Gasteiger partial charge in [-0.05, 0) is 30.2 Å². The van der Waals surface area contributed by atoms with Gasteiger partial charge in [-0.1, -0.05) is 36.4 Å². The fraction of sp³-hybridized carbons (Fsp3) is 0.250. The van der Waals surface area contributed by atoms with E-state index in [0.717, 1.165) is 26.1 Å². The van der Waals surface area contributed by atoms with Gasteiger partial charge in [-0.15, -0.1) is 0 Å². The summed E-state index contributed by atoms with van der Waals surface area (Å²) in [7, 11) is 1.61. The van der Waals surface area contributed by atoms with E-state index < -0.39 is 0 Å². The SMILES string of the molecule is COc1cccc(Oc2ccc(C(=NC3CCN(Cc4ccccc4)C3)NO)cn2)c1. The lowest BCUT2D eigenvalue weighted by atomic mass is 10.2. The normalized spacial score (nSPS) is 16.8. The number of likely N-dealkylation sites (tertiary alicyclic amines) is 1. The molecule has 2 N–H and O–H groups in total. The van der Waals surface area contributed by atoms with Crippen LogP contribution in [-0.4, -0.2) is 47.2 Å². The topological polar surface area (TPSA) is 79.2 Å². The number of methoxy groups -OCH3 is 1. The number of nitrogens with zero attached hydrogens (tertiary/aromatic N) is 3. The highest BCUT2D eigenvalue weighted by atomic mass is 16.5. The molecule has 7 nitrogen and oxygen atoms in total. The summed E-state index contributed by atoms with van der Waals surface area (Å²) >= 11 is 0. The van der Waals surface area contributed by atoms with E-state index in [-0.39, 0.29) is 6.04 Å². The molecule has 0 bridgehead atoms. The molecule has 7 heteroatoms. The van der Waals surface area contributed by atoms with Crippen molar-refractivity contribution < 1.29 is 14.7 Å². The maximum Gasteiger partial charge on any atom is 0.219 e. The van der Waals surface area contributed by atoms with Crippen molar-refractivity contribution in [2.75, 3.05) is 20.2 Å². The molecule has 31 heavy (non-hydrogen) atoms. The molecule has 160 valence electrons. The second-order valence-electron chi connectivity index (χ2n) is 7.42. The zero-order valence-electron chi connectivity index (χ0n) is 17.4. The van der Waals surface area contributed by atoms with Crippen molar-refractivity contribution in [3.8, 4) is 17.4 Å². The number of aliphatic imine (C=N–C) groups is 1. The van der Waals surface area contributed by atoms with Crippen LogP contribution in [0.15, 0.2) is 77.9 Å². The number of hydroxylamine groups is 1. The second-order valence-corrected chi connectivity index (χ2v) is 7.42. The largest absolute Gasteiger partial charge is 0.497 e. The van der Waals surface area contributed by atoms with Crippen LogP contribution in [0.4, 0.5) is 0 Å². The van der Waals surface area contributed by atoms with Crippen LogP contribution in [0, 0.1) is 0 Å². The number of hydrogen-bond acceptors (Lipinski definition) is 6. The Bertz CT molecular complexity index is 1010. The van der Waals surface area contributed by atoms with Crippen LogP contribution in [0.2, 0.25) is 0 Å². The molecule has 1 aliphatic heterocycles. The van der Waals surface area contributed by atoms with E-state index >= 15 is 0 Å². The van der Waals surface area contributed by atoms with E-state index in [9.17, 15) is 5.21 Å². The lowest BCUT2D eigenvalue weighted by Crippen LogP contribution is -2.25. The minimum absolute atomic E-state index is 0.117. The molecule has 1 aliphatic rings. The molecule has 1 saturated heterocycles. The molecule has 0 spiro atoms. The lowest BCUT2D eigenvalue weighted by Gasteiger charge is -2.15. The summed E-state index contributed by atoms with van der Waals surface area (Å²) < 4.78 is 11.0.